The summed E-state index contributed by atoms with van der Waals surface area (Å²) in [4.78, 5) is 43.2. The highest BCUT2D eigenvalue weighted by Crippen LogP contribution is 2.21. The van der Waals surface area contributed by atoms with Gasteiger partial charge in [0, 0.05) is 12.1 Å². The van der Waals surface area contributed by atoms with Crippen LogP contribution in [-0.4, -0.2) is 52.5 Å². The predicted octanol–water partition coefficient (Wildman–Crippen LogP) is 1.41. The first-order chi connectivity index (χ1) is 13.1. The van der Waals surface area contributed by atoms with Crippen LogP contribution in [-0.2, 0) is 23.9 Å². The highest BCUT2D eigenvalue weighted by atomic mass is 35.5. The molecular formula is C16H18Cl2N2O8. The molecule has 1 rings (SSSR count). The number of methoxy groups -OCH3 is 1. The van der Waals surface area contributed by atoms with Gasteiger partial charge in [-0.15, -0.1) is 0 Å². The second-order valence-electron chi connectivity index (χ2n) is 5.47. The molecule has 0 radical (unpaired) electrons. The van der Waals surface area contributed by atoms with Crippen LogP contribution in [0.3, 0.4) is 0 Å². The molecule has 154 valence electrons. The standard InChI is InChI=1S/C16H18Cl2N2O8/c1-27-12(21)6-7-13(22)28-8-11(19-16(24)15(17)18)14(23)9-2-4-10(5-3-9)20(25)26/h2-5,11,14-15,23H,6-8H2,1H3,(H,19,24)/t11-,14-/m1/s1. The Balaban J connectivity index is 2.83. The Kier molecular flexibility index (Phi) is 9.63. The van der Waals surface area contributed by atoms with E-state index in [4.69, 9.17) is 27.9 Å². The van der Waals surface area contributed by atoms with Crippen LogP contribution in [0.25, 0.3) is 0 Å². The van der Waals surface area contributed by atoms with Gasteiger partial charge in [-0.1, -0.05) is 23.2 Å². The summed E-state index contributed by atoms with van der Waals surface area (Å²) in [5, 5.41) is 23.5. The van der Waals surface area contributed by atoms with Gasteiger partial charge in [0.15, 0.2) is 4.84 Å². The number of hydrogen-bond donors (Lipinski definition) is 2. The quantitative estimate of drug-likeness (QED) is 0.242. The third-order valence-corrected chi connectivity index (χ3v) is 3.93. The van der Waals surface area contributed by atoms with Crippen molar-refractivity contribution in [3.8, 4) is 0 Å². The largest absolute Gasteiger partial charge is 0.469 e. The van der Waals surface area contributed by atoms with Crippen LogP contribution in [0, 0.1) is 10.1 Å². The molecule has 28 heavy (non-hydrogen) atoms. The molecule has 1 aromatic carbocycles. The van der Waals surface area contributed by atoms with Crippen LogP contribution in [0.4, 0.5) is 5.69 Å². The van der Waals surface area contributed by atoms with E-state index in [9.17, 15) is 29.6 Å². The molecule has 0 aliphatic carbocycles. The van der Waals surface area contributed by atoms with Crippen LogP contribution in [0.2, 0.25) is 0 Å². The summed E-state index contributed by atoms with van der Waals surface area (Å²) < 4.78 is 9.38. The normalized spacial score (nSPS) is 12.8. The number of rotatable bonds is 10. The number of esters is 2. The maximum atomic E-state index is 11.8. The number of benzene rings is 1. The van der Waals surface area contributed by atoms with E-state index >= 15 is 0 Å². The molecule has 10 nitrogen and oxygen atoms in total. The molecule has 0 aromatic heterocycles. The summed E-state index contributed by atoms with van der Waals surface area (Å²) in [5.74, 6) is -2.19. The fraction of sp³-hybridized carbons (Fsp3) is 0.438. The maximum Gasteiger partial charge on any atom is 0.306 e. The number of amides is 1. The minimum Gasteiger partial charge on any atom is -0.469 e. The van der Waals surface area contributed by atoms with Gasteiger partial charge >= 0.3 is 11.9 Å². The topological polar surface area (TPSA) is 145 Å². The fourth-order valence-electron chi connectivity index (χ4n) is 2.04. The number of ether oxygens (including phenoxy) is 2. The Morgan fingerprint density at radius 1 is 1.18 bits per heavy atom. The molecule has 0 heterocycles. The van der Waals surface area contributed by atoms with E-state index in [0.717, 1.165) is 0 Å². The lowest BCUT2D eigenvalue weighted by atomic mass is 10.0. The molecule has 1 amide bonds. The zero-order chi connectivity index (χ0) is 21.3. The summed E-state index contributed by atoms with van der Waals surface area (Å²) in [6.45, 7) is -0.454. The van der Waals surface area contributed by atoms with Crippen molar-refractivity contribution < 1.29 is 33.9 Å². The second-order valence-corrected chi connectivity index (χ2v) is 6.56. The van der Waals surface area contributed by atoms with Crippen molar-refractivity contribution in [2.24, 2.45) is 0 Å². The Bertz CT molecular complexity index is 711. The van der Waals surface area contributed by atoms with Crippen molar-refractivity contribution in [1.82, 2.24) is 5.32 Å². The first-order valence-electron chi connectivity index (χ1n) is 7.89. The van der Waals surface area contributed by atoms with Crippen molar-refractivity contribution >= 4 is 46.7 Å². The van der Waals surface area contributed by atoms with Gasteiger partial charge in [-0.2, -0.15) is 0 Å². The molecule has 12 heteroatoms. The number of non-ortho nitro benzene ring substituents is 1. The van der Waals surface area contributed by atoms with Crippen LogP contribution in [0.1, 0.15) is 24.5 Å². The molecule has 0 bridgehead atoms. The molecule has 0 saturated carbocycles. The first-order valence-corrected chi connectivity index (χ1v) is 8.76. The lowest BCUT2D eigenvalue weighted by Crippen LogP contribution is -2.45. The van der Waals surface area contributed by atoms with Gasteiger partial charge in [0.05, 0.1) is 30.9 Å². The van der Waals surface area contributed by atoms with E-state index in [1.165, 1.54) is 31.4 Å². The van der Waals surface area contributed by atoms with Gasteiger partial charge in [0.1, 0.15) is 12.7 Å². The van der Waals surface area contributed by atoms with Crippen molar-refractivity contribution in [2.45, 2.75) is 29.8 Å². The zero-order valence-electron chi connectivity index (χ0n) is 14.7. The highest BCUT2D eigenvalue weighted by Gasteiger charge is 2.27. The monoisotopic (exact) mass is 436 g/mol. The highest BCUT2D eigenvalue weighted by molar-refractivity contribution is 6.53. The van der Waals surface area contributed by atoms with Gasteiger partial charge in [-0.25, -0.2) is 0 Å². The predicted molar refractivity (Wildman–Crippen MR) is 97.7 cm³/mol. The van der Waals surface area contributed by atoms with E-state index < -0.39 is 46.4 Å². The maximum absolute atomic E-state index is 11.8. The van der Waals surface area contributed by atoms with Gasteiger partial charge in [-0.05, 0) is 17.7 Å². The van der Waals surface area contributed by atoms with E-state index in [1.54, 1.807) is 0 Å². The number of halogens is 2. The van der Waals surface area contributed by atoms with Crippen molar-refractivity contribution in [2.75, 3.05) is 13.7 Å². The zero-order valence-corrected chi connectivity index (χ0v) is 16.2. The lowest BCUT2D eigenvalue weighted by Gasteiger charge is -2.24. The number of hydrogen-bond acceptors (Lipinski definition) is 8. The molecule has 1 aromatic rings. The number of aliphatic hydroxyl groups is 1. The molecule has 0 aliphatic rings. The van der Waals surface area contributed by atoms with Crippen LogP contribution >= 0.6 is 23.2 Å². The number of nitro benzene ring substituents is 1. The van der Waals surface area contributed by atoms with Crippen LogP contribution in [0.15, 0.2) is 24.3 Å². The van der Waals surface area contributed by atoms with Crippen molar-refractivity contribution in [3.63, 3.8) is 0 Å². The fourth-order valence-corrected chi connectivity index (χ4v) is 2.17. The Morgan fingerprint density at radius 2 is 1.75 bits per heavy atom. The number of carbonyl (C=O) groups is 3. The summed E-state index contributed by atoms with van der Waals surface area (Å²) in [6, 6.07) is 3.79. The Morgan fingerprint density at radius 3 is 2.25 bits per heavy atom. The summed E-state index contributed by atoms with van der Waals surface area (Å²) >= 11 is 11.0. The van der Waals surface area contributed by atoms with Gasteiger partial charge in [-0.3, -0.25) is 24.5 Å². The lowest BCUT2D eigenvalue weighted by molar-refractivity contribution is -0.384. The summed E-state index contributed by atoms with van der Waals surface area (Å²) in [6.07, 6.45) is -1.83. The van der Waals surface area contributed by atoms with Crippen LogP contribution < -0.4 is 5.32 Å². The second kappa shape index (κ2) is 11.4. The minimum atomic E-state index is -1.43. The molecular weight excluding hydrogens is 419 g/mol. The van der Waals surface area contributed by atoms with Crippen LogP contribution in [0.5, 0.6) is 0 Å². The third kappa shape index (κ3) is 7.67. The van der Waals surface area contributed by atoms with Crippen molar-refractivity contribution in [1.29, 1.82) is 0 Å². The average molecular weight is 437 g/mol. The smallest absolute Gasteiger partial charge is 0.306 e. The number of nitro groups is 1. The summed E-state index contributed by atoms with van der Waals surface area (Å²) in [7, 11) is 1.18. The molecule has 0 aliphatic heterocycles. The Hall–Kier alpha value is -2.43. The number of aliphatic hydroxyl groups excluding tert-OH is 1. The van der Waals surface area contributed by atoms with Crippen molar-refractivity contribution in [3.05, 3.63) is 39.9 Å². The molecule has 0 unspecified atom stereocenters. The number of nitrogens with one attached hydrogen (secondary N) is 1. The SMILES string of the molecule is COC(=O)CCC(=O)OC[C@@H](NC(=O)C(Cl)Cl)[C@H](O)c1ccc([N+](=O)[O-])cc1. The molecule has 0 fully saturated rings. The van der Waals surface area contributed by atoms with E-state index in [2.05, 4.69) is 10.1 Å². The van der Waals surface area contributed by atoms with E-state index in [0.29, 0.717) is 0 Å². The molecule has 0 spiro atoms. The molecule has 2 atom stereocenters. The number of nitrogens with zero attached hydrogens (tertiary/aromatic N) is 1. The minimum absolute atomic E-state index is 0.188. The number of carbonyl (C=O) groups excluding carboxylic acids is 3. The number of alkyl halides is 2. The summed E-state index contributed by atoms with van der Waals surface area (Å²) in [5.41, 5.74) is 0.0366. The van der Waals surface area contributed by atoms with E-state index in [1.807, 2.05) is 0 Å². The Labute approximate surface area is 169 Å². The first kappa shape index (κ1) is 23.6. The average Bonchev–Trinajstić information content (AvgIpc) is 2.68. The third-order valence-electron chi connectivity index (χ3n) is 3.54. The van der Waals surface area contributed by atoms with E-state index in [-0.39, 0.29) is 24.1 Å². The van der Waals surface area contributed by atoms with Gasteiger partial charge in [0.25, 0.3) is 11.6 Å². The van der Waals surface area contributed by atoms with Gasteiger partial charge < -0.3 is 19.9 Å². The molecule has 0 saturated heterocycles. The molecule has 2 N–H and O–H groups in total. The van der Waals surface area contributed by atoms with Gasteiger partial charge in [0.2, 0.25) is 0 Å².